The maximum absolute atomic E-state index is 13.2. The first-order valence-corrected chi connectivity index (χ1v) is 8.17. The minimum atomic E-state index is -0.574. The number of hydrogen-bond donors (Lipinski definition) is 0. The SMILES string of the molecule is COC(=O)C1=CN(C(=O)Oc2ccccc2)CCC1c1ccc(F)cc1. The van der Waals surface area contributed by atoms with Gasteiger partial charge in [-0.25, -0.2) is 14.0 Å². The molecular formula is C20H18FNO4. The summed E-state index contributed by atoms with van der Waals surface area (Å²) in [4.78, 5) is 25.9. The zero-order chi connectivity index (χ0) is 18.5. The smallest absolute Gasteiger partial charge is 0.419 e. The van der Waals surface area contributed by atoms with E-state index in [1.54, 1.807) is 36.4 Å². The summed E-state index contributed by atoms with van der Waals surface area (Å²) in [5.74, 6) is -0.729. The molecule has 1 unspecified atom stereocenters. The Hall–Kier alpha value is -3.15. The van der Waals surface area contributed by atoms with Crippen LogP contribution in [0.25, 0.3) is 0 Å². The van der Waals surface area contributed by atoms with Crippen molar-refractivity contribution in [1.82, 2.24) is 4.90 Å². The molecule has 0 N–H and O–H groups in total. The first-order valence-electron chi connectivity index (χ1n) is 8.17. The van der Waals surface area contributed by atoms with Gasteiger partial charge in [-0.1, -0.05) is 30.3 Å². The highest BCUT2D eigenvalue weighted by Crippen LogP contribution is 2.33. The van der Waals surface area contributed by atoms with Crippen LogP contribution in [0, 0.1) is 5.82 Å². The average molecular weight is 355 g/mol. The number of methoxy groups -OCH3 is 1. The molecule has 1 amide bonds. The molecule has 6 heteroatoms. The van der Waals surface area contributed by atoms with Crippen molar-refractivity contribution in [3.63, 3.8) is 0 Å². The molecule has 0 spiro atoms. The molecule has 26 heavy (non-hydrogen) atoms. The van der Waals surface area contributed by atoms with Crippen LogP contribution in [0.1, 0.15) is 17.9 Å². The van der Waals surface area contributed by atoms with Crippen LogP contribution in [0.5, 0.6) is 5.75 Å². The lowest BCUT2D eigenvalue weighted by atomic mass is 9.86. The average Bonchev–Trinajstić information content (AvgIpc) is 2.68. The number of carbonyl (C=O) groups is 2. The summed E-state index contributed by atoms with van der Waals surface area (Å²) in [6, 6.07) is 14.7. The monoisotopic (exact) mass is 355 g/mol. The van der Waals surface area contributed by atoms with Gasteiger partial charge in [-0.3, -0.25) is 4.90 Å². The summed E-state index contributed by atoms with van der Waals surface area (Å²) in [6.45, 7) is 0.369. The predicted octanol–water partition coefficient (Wildman–Crippen LogP) is 3.87. The minimum absolute atomic E-state index is 0.274. The highest BCUT2D eigenvalue weighted by molar-refractivity contribution is 5.91. The Morgan fingerprint density at radius 1 is 1.08 bits per heavy atom. The second-order valence-corrected chi connectivity index (χ2v) is 5.84. The Morgan fingerprint density at radius 3 is 2.42 bits per heavy atom. The molecule has 3 rings (SSSR count). The third-order valence-corrected chi connectivity index (χ3v) is 4.21. The number of esters is 1. The minimum Gasteiger partial charge on any atom is -0.466 e. The lowest BCUT2D eigenvalue weighted by molar-refractivity contribution is -0.136. The summed E-state index contributed by atoms with van der Waals surface area (Å²) < 4.78 is 23.3. The number of hydrogen-bond acceptors (Lipinski definition) is 4. The Morgan fingerprint density at radius 2 is 1.77 bits per heavy atom. The number of benzene rings is 2. The van der Waals surface area contributed by atoms with Crippen molar-refractivity contribution >= 4 is 12.1 Å². The van der Waals surface area contributed by atoms with Crippen LogP contribution in [0.3, 0.4) is 0 Å². The van der Waals surface area contributed by atoms with Crippen molar-refractivity contribution < 1.29 is 23.5 Å². The van der Waals surface area contributed by atoms with Gasteiger partial charge in [0.15, 0.2) is 0 Å². The second-order valence-electron chi connectivity index (χ2n) is 5.84. The zero-order valence-corrected chi connectivity index (χ0v) is 14.2. The molecule has 1 aliphatic heterocycles. The van der Waals surface area contributed by atoms with Crippen LogP contribution in [0.15, 0.2) is 66.4 Å². The fourth-order valence-corrected chi connectivity index (χ4v) is 2.89. The van der Waals surface area contributed by atoms with Crippen molar-refractivity contribution in [3.05, 3.63) is 77.8 Å². The van der Waals surface area contributed by atoms with E-state index < -0.39 is 12.1 Å². The summed E-state index contributed by atoms with van der Waals surface area (Å²) in [6.07, 6.45) is 1.38. The number of nitrogens with zero attached hydrogens (tertiary/aromatic N) is 1. The number of para-hydroxylation sites is 1. The number of rotatable bonds is 3. The van der Waals surface area contributed by atoms with Crippen LogP contribution in [-0.4, -0.2) is 30.6 Å². The summed E-state index contributed by atoms with van der Waals surface area (Å²) in [5, 5.41) is 0. The van der Waals surface area contributed by atoms with Gasteiger partial charge in [0.25, 0.3) is 0 Å². The lowest BCUT2D eigenvalue weighted by Crippen LogP contribution is -2.36. The van der Waals surface area contributed by atoms with Gasteiger partial charge in [0, 0.05) is 18.7 Å². The third-order valence-electron chi connectivity index (χ3n) is 4.21. The maximum Gasteiger partial charge on any atom is 0.419 e. The van der Waals surface area contributed by atoms with Crippen LogP contribution in [0.2, 0.25) is 0 Å². The molecule has 0 saturated carbocycles. The predicted molar refractivity (Wildman–Crippen MR) is 93.0 cm³/mol. The molecule has 0 fully saturated rings. The molecule has 134 valence electrons. The Bertz CT molecular complexity index is 817. The normalized spacial score (nSPS) is 16.6. The fourth-order valence-electron chi connectivity index (χ4n) is 2.89. The van der Waals surface area contributed by atoms with Gasteiger partial charge in [-0.05, 0) is 36.2 Å². The summed E-state index contributed by atoms with van der Waals surface area (Å²) in [5.41, 5.74) is 1.12. The molecule has 2 aromatic rings. The quantitative estimate of drug-likeness (QED) is 0.785. The van der Waals surface area contributed by atoms with E-state index in [9.17, 15) is 14.0 Å². The van der Waals surface area contributed by atoms with E-state index in [2.05, 4.69) is 0 Å². The summed E-state index contributed by atoms with van der Waals surface area (Å²) >= 11 is 0. The van der Waals surface area contributed by atoms with E-state index in [4.69, 9.17) is 9.47 Å². The largest absolute Gasteiger partial charge is 0.466 e. The molecule has 5 nitrogen and oxygen atoms in total. The first kappa shape index (κ1) is 17.7. The molecule has 1 atom stereocenters. The van der Waals surface area contributed by atoms with Crippen LogP contribution in [0.4, 0.5) is 9.18 Å². The first-order chi connectivity index (χ1) is 12.6. The van der Waals surface area contributed by atoms with Gasteiger partial charge in [0.05, 0.1) is 12.7 Å². The number of amides is 1. The zero-order valence-electron chi connectivity index (χ0n) is 14.2. The highest BCUT2D eigenvalue weighted by Gasteiger charge is 2.31. The fraction of sp³-hybridized carbons (Fsp3) is 0.200. The number of ether oxygens (including phenoxy) is 2. The summed E-state index contributed by atoms with van der Waals surface area (Å²) in [7, 11) is 1.28. The molecule has 0 radical (unpaired) electrons. The Kier molecular flexibility index (Phi) is 5.31. The van der Waals surface area contributed by atoms with Gasteiger partial charge < -0.3 is 9.47 Å². The topological polar surface area (TPSA) is 55.8 Å². The van der Waals surface area contributed by atoms with Gasteiger partial charge in [0.1, 0.15) is 11.6 Å². The highest BCUT2D eigenvalue weighted by atomic mass is 19.1. The molecule has 0 bridgehead atoms. The molecule has 0 aliphatic carbocycles. The molecule has 1 aliphatic rings. The molecule has 0 saturated heterocycles. The van der Waals surface area contributed by atoms with Gasteiger partial charge >= 0.3 is 12.1 Å². The van der Waals surface area contributed by atoms with Crippen molar-refractivity contribution in [2.24, 2.45) is 0 Å². The van der Waals surface area contributed by atoms with E-state index in [0.717, 1.165) is 5.56 Å². The van der Waals surface area contributed by atoms with Crippen LogP contribution >= 0.6 is 0 Å². The van der Waals surface area contributed by atoms with Crippen molar-refractivity contribution in [2.45, 2.75) is 12.3 Å². The van der Waals surface area contributed by atoms with Gasteiger partial charge in [-0.2, -0.15) is 0 Å². The van der Waals surface area contributed by atoms with E-state index >= 15 is 0 Å². The Labute approximate surface area is 150 Å². The van der Waals surface area contributed by atoms with E-state index in [1.807, 2.05) is 6.07 Å². The molecule has 2 aromatic carbocycles. The van der Waals surface area contributed by atoms with E-state index in [-0.39, 0.29) is 11.7 Å². The Balaban J connectivity index is 1.83. The van der Waals surface area contributed by atoms with E-state index in [1.165, 1.54) is 30.3 Å². The second kappa shape index (κ2) is 7.82. The van der Waals surface area contributed by atoms with Crippen molar-refractivity contribution in [2.75, 3.05) is 13.7 Å². The van der Waals surface area contributed by atoms with Crippen molar-refractivity contribution in [3.8, 4) is 5.75 Å². The third kappa shape index (κ3) is 3.91. The van der Waals surface area contributed by atoms with Crippen molar-refractivity contribution in [1.29, 1.82) is 0 Å². The lowest BCUT2D eigenvalue weighted by Gasteiger charge is -2.29. The maximum atomic E-state index is 13.2. The number of halogens is 1. The standard InChI is InChI=1S/C20H18FNO4/c1-25-19(23)18-13-22(20(24)26-16-5-3-2-4-6-16)12-11-17(18)14-7-9-15(21)10-8-14/h2-10,13,17H,11-12H2,1H3. The van der Waals surface area contributed by atoms with Crippen LogP contribution < -0.4 is 4.74 Å². The molecule has 1 heterocycles. The molecule has 0 aromatic heterocycles. The van der Waals surface area contributed by atoms with Gasteiger partial charge in [-0.15, -0.1) is 0 Å². The molecular weight excluding hydrogens is 337 g/mol. The number of carbonyl (C=O) groups excluding carboxylic acids is 2. The van der Waals surface area contributed by atoms with E-state index in [0.29, 0.717) is 24.3 Å². The van der Waals surface area contributed by atoms with Crippen LogP contribution in [-0.2, 0) is 9.53 Å². The van der Waals surface area contributed by atoms with Gasteiger partial charge in [0.2, 0.25) is 0 Å².